The van der Waals surface area contributed by atoms with Crippen LogP contribution in [-0.2, 0) is 78.4 Å². The Labute approximate surface area is 412 Å². The number of H-pyrrole nitrogens is 2. The molecule has 8 heterocycles. The lowest BCUT2D eigenvalue weighted by molar-refractivity contribution is -0.745. The molecule has 5 aromatic rings. The Morgan fingerprint density at radius 2 is 1.55 bits per heavy atom. The van der Waals surface area contributed by atoms with Gasteiger partial charge < -0.3 is 83.7 Å². The Bertz CT molecular complexity index is 3250. The van der Waals surface area contributed by atoms with Crippen LogP contribution < -0.4 is 37.7 Å². The summed E-state index contributed by atoms with van der Waals surface area (Å²) < 4.78 is 98.1. The molecule has 12 N–H and O–H groups in total. The molecule has 0 bridgehead atoms. The van der Waals surface area contributed by atoms with Crippen molar-refractivity contribution in [3.63, 3.8) is 0 Å². The van der Waals surface area contributed by atoms with Crippen LogP contribution in [0, 0.1) is 5.92 Å². The van der Waals surface area contributed by atoms with Gasteiger partial charge in [-0.3, -0.25) is 37.8 Å². The number of hydrogen-bond acceptors (Lipinski definition) is 27. The third-order valence-electron chi connectivity index (χ3n) is 11.7. The molecule has 0 saturated carbocycles. The van der Waals surface area contributed by atoms with Gasteiger partial charge in [0.25, 0.3) is 17.1 Å². The van der Waals surface area contributed by atoms with Gasteiger partial charge in [0.05, 0.1) is 57.7 Å². The minimum Gasteiger partial charge on any atom is -0.778 e. The number of hydrogen-bond donors (Lipinski definition) is 10. The normalized spacial score (nSPS) is 30.9. The van der Waals surface area contributed by atoms with Gasteiger partial charge in [0.2, 0.25) is 11.7 Å². The number of rotatable bonds is 20. The number of aliphatic hydroxyl groups excluding tert-OH is 3. The number of nitrogens with two attached hydrogens (primary N) is 2. The van der Waals surface area contributed by atoms with E-state index in [2.05, 4.69) is 33.5 Å². The minimum atomic E-state index is -5.99. The quantitative estimate of drug-likeness (QED) is 0.0260. The molecular weight excluding hydrogens is 1090 g/mol. The summed E-state index contributed by atoms with van der Waals surface area (Å²) in [7, 11) is -13.5. The molecule has 0 amide bonds. The Balaban J connectivity index is 0.957. The number of phosphoric ester groups is 1. The fraction of sp³-hybridized carbons (Fsp3) is 0.576. The van der Waals surface area contributed by atoms with Crippen molar-refractivity contribution >= 4 is 75.9 Å². The van der Waals surface area contributed by atoms with Crippen LogP contribution in [0.4, 0.5) is 11.8 Å². The summed E-state index contributed by atoms with van der Waals surface area (Å²) in [5, 5.41) is 32.8. The zero-order valence-electron chi connectivity index (χ0n) is 37.7. The van der Waals surface area contributed by atoms with E-state index in [4.69, 9.17) is 60.5 Å². The summed E-state index contributed by atoms with van der Waals surface area (Å²) in [6.45, 7) is -8.24. The lowest BCUT2D eigenvalue weighted by atomic mass is 9.99. The van der Waals surface area contributed by atoms with Gasteiger partial charge in [0.15, 0.2) is 30.2 Å². The number of methoxy groups -OCH3 is 2. The number of aliphatic hydroxyl groups is 3. The molecule has 3 fully saturated rings. The van der Waals surface area contributed by atoms with E-state index in [1.807, 2.05) is 4.98 Å². The average Bonchev–Trinajstić information content (AvgIpc) is 4.10. The topological polar surface area (TPSA) is 493 Å². The highest BCUT2D eigenvalue weighted by Crippen LogP contribution is 2.68. The first-order valence-corrected chi connectivity index (χ1v) is 28.1. The monoisotopic (exact) mass is 1130 g/mol. The predicted octanol–water partition coefficient (Wildman–Crippen LogP) is -4.42. The molecule has 0 aliphatic carbocycles. The number of nitrogen functional groups attached to an aromatic ring is 2. The van der Waals surface area contributed by atoms with E-state index in [0.29, 0.717) is 0 Å². The summed E-state index contributed by atoms with van der Waals surface area (Å²) in [5.74, 6) is -1.29. The van der Waals surface area contributed by atoms with E-state index in [-0.39, 0.29) is 40.7 Å². The Morgan fingerprint density at radius 1 is 0.849 bits per heavy atom. The van der Waals surface area contributed by atoms with Crippen molar-refractivity contribution in [1.82, 2.24) is 43.6 Å². The molecule has 35 nitrogen and oxygen atoms in total. The molecule has 40 heteroatoms. The van der Waals surface area contributed by atoms with Crippen molar-refractivity contribution in [2.75, 3.05) is 52.1 Å². The van der Waals surface area contributed by atoms with E-state index in [1.165, 1.54) is 34.2 Å². The fourth-order valence-electron chi connectivity index (χ4n) is 8.46. The van der Waals surface area contributed by atoms with E-state index in [9.17, 15) is 63.0 Å². The van der Waals surface area contributed by atoms with Gasteiger partial charge in [0, 0.05) is 32.4 Å². The van der Waals surface area contributed by atoms with E-state index < -0.39 is 140 Å². The molecule has 3 aliphatic rings. The van der Waals surface area contributed by atoms with Crippen LogP contribution in [0.3, 0.4) is 0 Å². The number of anilines is 2. The first-order valence-electron chi connectivity index (χ1n) is 20.9. The molecule has 3 saturated heterocycles. The summed E-state index contributed by atoms with van der Waals surface area (Å²) in [6.07, 6.45) is -11.5. The van der Waals surface area contributed by atoms with Crippen LogP contribution >= 0.6 is 30.0 Å². The van der Waals surface area contributed by atoms with Crippen molar-refractivity contribution in [1.29, 1.82) is 0 Å². The summed E-state index contributed by atoms with van der Waals surface area (Å²) in [5.41, 5.74) is 7.32. The summed E-state index contributed by atoms with van der Waals surface area (Å²) in [6, 6.07) is 0.926. The zero-order chi connectivity index (χ0) is 53.1. The van der Waals surface area contributed by atoms with Crippen LogP contribution in [0.5, 0.6) is 0 Å². The number of imidazole rings is 2. The zero-order valence-corrected chi connectivity index (χ0v) is 42.1. The van der Waals surface area contributed by atoms with Crippen molar-refractivity contribution < 1.29 is 99.0 Å². The number of ether oxygens (including phenoxy) is 5. The highest BCUT2D eigenvalue weighted by atomic mass is 32.5. The van der Waals surface area contributed by atoms with E-state index in [0.717, 1.165) is 36.6 Å². The molecule has 5 unspecified atom stereocenters. The maximum Gasteiger partial charge on any atom is 0.488 e. The number of aromatic nitrogens is 10. The highest BCUT2D eigenvalue weighted by Gasteiger charge is 2.54. The van der Waals surface area contributed by atoms with Gasteiger partial charge in [0.1, 0.15) is 50.0 Å². The first-order chi connectivity index (χ1) is 34.2. The van der Waals surface area contributed by atoms with Gasteiger partial charge in [-0.15, -0.1) is 0 Å². The number of aromatic amines is 2. The second-order valence-corrected chi connectivity index (χ2v) is 24.3. The van der Waals surface area contributed by atoms with Gasteiger partial charge in [-0.1, -0.05) is 4.98 Å². The minimum absolute atomic E-state index is 0.00729. The Morgan fingerprint density at radius 3 is 2.25 bits per heavy atom. The van der Waals surface area contributed by atoms with Crippen LogP contribution in [0.25, 0.3) is 22.3 Å². The summed E-state index contributed by atoms with van der Waals surface area (Å²) in [4.78, 5) is 103. The molecule has 0 radical (unpaired) electrons. The number of nitrogens with zero attached hydrogens (tertiary/aromatic N) is 8. The maximum absolute atomic E-state index is 14.2. The smallest absolute Gasteiger partial charge is 0.488 e. The third kappa shape index (κ3) is 11.4. The summed E-state index contributed by atoms with van der Waals surface area (Å²) >= 11 is 4.89. The van der Waals surface area contributed by atoms with Gasteiger partial charge in [-0.05, 0) is 11.8 Å². The van der Waals surface area contributed by atoms with Gasteiger partial charge in [-0.25, -0.2) is 37.8 Å². The van der Waals surface area contributed by atoms with Crippen LogP contribution in [0.1, 0.15) is 18.7 Å². The molecule has 8 rings (SSSR count). The van der Waals surface area contributed by atoms with E-state index in [1.54, 1.807) is 0 Å². The molecular formula is C33H46N12O23P4S. The van der Waals surface area contributed by atoms with Crippen LogP contribution in [-0.4, -0.2) is 163 Å². The van der Waals surface area contributed by atoms with Gasteiger partial charge >= 0.3 is 33.7 Å². The molecule has 0 spiro atoms. The SMILES string of the molecule is COC[C@H]1[C@@H](O)[C@H]([n+]2cn(C)c3c(=O)[nH]c(N)nc32)O[C@@H]1COP(O)(=S)OP(=O)(O)OP(=O)(O)OCC1O[C@@H](n2cnc3c(N)ncnc32)[C@H](OC)[C@@H]1P(=O)([O-])OC[C@H]1O[C@@H](n2ccc(=O)[nH]c2=O)[C@H](O)[C@@H]1O. The van der Waals surface area contributed by atoms with E-state index >= 15 is 0 Å². The average molecular weight is 1130 g/mol. The van der Waals surface area contributed by atoms with Gasteiger partial charge in [-0.2, -0.15) is 4.31 Å². The fourth-order valence-corrected chi connectivity index (χ4v) is 14.6. The van der Waals surface area contributed by atoms with Crippen molar-refractivity contribution in [3.05, 3.63) is 62.4 Å². The molecule has 0 aromatic carbocycles. The lowest BCUT2D eigenvalue weighted by Gasteiger charge is -2.35. The van der Waals surface area contributed by atoms with Crippen LogP contribution in [0.15, 0.2) is 45.6 Å². The van der Waals surface area contributed by atoms with Crippen molar-refractivity contribution in [2.24, 2.45) is 13.0 Å². The standard InChI is InChI=1S/C33H46N12O23P4S/c1-42-12-45(27-19(42)28(50)41-32(35)40-27)29-20(47)13(6-59-2)14(64-29)7-63-72(58,73)68-71(56,57)67-70(54,55)62-9-16-24(23(60-3)31(66-16)44-11-38-18-25(34)36-10-37-26(18)44)69(52,53)61-8-15-21(48)22(49)30(65-15)43-5-4-17(46)39-33(43)51/h4-5,10-16,20-24,29-31,47-49H,6-9H2,1-3H3,(H9-,34,35,36,37,39,40,41,46,50,51,52,53,54,55,56,57,58,73)/t13-,14-,15-,16?,20-,21-,22-,23-,24-,29-,30-,31-,72?/m1/s1. The number of fused-ring (bicyclic) bond motifs is 2. The Kier molecular flexibility index (Phi) is 15.9. The molecule has 402 valence electrons. The molecule has 5 aromatic heterocycles. The number of nitrogens with one attached hydrogen (secondary N) is 2. The van der Waals surface area contributed by atoms with Crippen molar-refractivity contribution in [3.8, 4) is 0 Å². The first kappa shape index (κ1) is 55.1. The third-order valence-corrected chi connectivity index (χ3v) is 18.7. The molecule has 16 atom stereocenters. The second-order valence-electron chi connectivity index (χ2n) is 16.3. The lowest BCUT2D eigenvalue weighted by Crippen LogP contribution is -2.45. The maximum atomic E-state index is 14.2. The molecule has 73 heavy (non-hydrogen) atoms. The van der Waals surface area contributed by atoms with Crippen molar-refractivity contribution in [2.45, 2.75) is 67.1 Å². The second kappa shape index (κ2) is 21.1. The number of phosphoric acid groups is 2. The van der Waals surface area contributed by atoms with Crippen LogP contribution in [0.2, 0.25) is 0 Å². The predicted molar refractivity (Wildman–Crippen MR) is 240 cm³/mol. The molecule has 3 aliphatic heterocycles. The Hall–Kier alpha value is -4.16. The number of aryl methyl sites for hydroxylation is 1. The highest BCUT2D eigenvalue weighted by molar-refractivity contribution is 8.08. The largest absolute Gasteiger partial charge is 0.778 e.